The highest BCUT2D eigenvalue weighted by atomic mass is 32.2. The van der Waals surface area contributed by atoms with Crippen molar-refractivity contribution in [3.05, 3.63) is 53.4 Å². The first kappa shape index (κ1) is 24.0. The molecule has 0 bridgehead atoms. The SMILES string of the molecule is COCC1CC(C#Cc2cc(CC[C@](C)(C(=O)OCc3ccccc3)S(C)(=O)=O)no2)C1. The van der Waals surface area contributed by atoms with E-state index in [0.717, 1.165) is 31.3 Å². The number of benzene rings is 1. The number of esters is 1. The van der Waals surface area contributed by atoms with Gasteiger partial charge in [0.05, 0.1) is 5.69 Å². The van der Waals surface area contributed by atoms with E-state index in [4.69, 9.17) is 14.0 Å². The predicted octanol–water partition coefficient (Wildman–Crippen LogP) is 3.18. The van der Waals surface area contributed by atoms with Gasteiger partial charge in [-0.05, 0) is 50.0 Å². The molecule has 1 aliphatic rings. The van der Waals surface area contributed by atoms with Gasteiger partial charge in [-0.2, -0.15) is 0 Å². The zero-order valence-corrected chi connectivity index (χ0v) is 19.5. The lowest BCUT2D eigenvalue weighted by Crippen LogP contribution is -2.44. The number of carbonyl (C=O) groups excluding carboxylic acids is 1. The first-order valence-electron chi connectivity index (χ1n) is 10.6. The summed E-state index contributed by atoms with van der Waals surface area (Å²) < 4.78 is 38.9. The lowest BCUT2D eigenvalue weighted by atomic mass is 9.76. The molecule has 1 aromatic heterocycles. The van der Waals surface area contributed by atoms with Gasteiger partial charge in [0.1, 0.15) is 6.61 Å². The number of ether oxygens (including phenoxy) is 2. The molecule has 1 heterocycles. The molecule has 172 valence electrons. The van der Waals surface area contributed by atoms with Gasteiger partial charge in [0.2, 0.25) is 5.76 Å². The van der Waals surface area contributed by atoms with Crippen LogP contribution in [0.25, 0.3) is 0 Å². The zero-order chi connectivity index (χ0) is 23.2. The van der Waals surface area contributed by atoms with E-state index in [-0.39, 0.29) is 19.4 Å². The molecule has 0 saturated heterocycles. The Kier molecular flexibility index (Phi) is 7.75. The van der Waals surface area contributed by atoms with Gasteiger partial charge in [0.25, 0.3) is 0 Å². The van der Waals surface area contributed by atoms with Crippen molar-refractivity contribution in [2.75, 3.05) is 20.0 Å². The molecule has 3 rings (SSSR count). The second kappa shape index (κ2) is 10.3. The van der Waals surface area contributed by atoms with Crippen molar-refractivity contribution in [3.63, 3.8) is 0 Å². The van der Waals surface area contributed by atoms with Crippen LogP contribution in [0.4, 0.5) is 0 Å². The van der Waals surface area contributed by atoms with Crippen LogP contribution >= 0.6 is 0 Å². The summed E-state index contributed by atoms with van der Waals surface area (Å²) in [6.45, 7) is 2.17. The number of nitrogens with zero attached hydrogens (tertiary/aromatic N) is 1. The van der Waals surface area contributed by atoms with Crippen LogP contribution in [0.5, 0.6) is 0 Å². The van der Waals surface area contributed by atoms with Crippen LogP contribution in [0.15, 0.2) is 40.9 Å². The van der Waals surface area contributed by atoms with E-state index in [1.165, 1.54) is 6.92 Å². The third-order valence-corrected chi connectivity index (χ3v) is 7.93. The Labute approximate surface area is 189 Å². The van der Waals surface area contributed by atoms with Crippen LogP contribution in [0.2, 0.25) is 0 Å². The standard InChI is InChI=1S/C24H29NO6S/c1-24(32(3,27)28,23(26)30-17-18-7-5-4-6-8-18)12-11-21-15-22(31-25-21)10-9-19-13-20(14-19)16-29-2/h4-8,15,19-20H,11-14,16-17H2,1-3H3/t19?,20?,24-/m1/s1. The minimum atomic E-state index is -3.73. The van der Waals surface area contributed by atoms with Crippen LogP contribution in [0.3, 0.4) is 0 Å². The van der Waals surface area contributed by atoms with E-state index in [1.54, 1.807) is 13.2 Å². The average Bonchev–Trinajstić information content (AvgIpc) is 3.19. The van der Waals surface area contributed by atoms with Crippen LogP contribution in [-0.4, -0.2) is 44.3 Å². The molecule has 0 spiro atoms. The molecular weight excluding hydrogens is 430 g/mol. The Hall–Kier alpha value is -2.63. The molecule has 0 aliphatic heterocycles. The fraction of sp³-hybridized carbons (Fsp3) is 0.500. The minimum absolute atomic E-state index is 0.0148. The van der Waals surface area contributed by atoms with Gasteiger partial charge in [0, 0.05) is 32.0 Å². The maximum absolute atomic E-state index is 12.7. The number of rotatable bonds is 9. The van der Waals surface area contributed by atoms with Crippen LogP contribution in [-0.2, 0) is 37.1 Å². The second-order valence-corrected chi connectivity index (χ2v) is 11.0. The highest BCUT2D eigenvalue weighted by Crippen LogP contribution is 2.33. The van der Waals surface area contributed by atoms with E-state index in [9.17, 15) is 13.2 Å². The number of hydrogen-bond donors (Lipinski definition) is 0. The number of aryl methyl sites for hydroxylation is 1. The molecule has 1 aliphatic carbocycles. The minimum Gasteiger partial charge on any atom is -0.460 e. The molecule has 32 heavy (non-hydrogen) atoms. The molecule has 0 amide bonds. The fourth-order valence-corrected chi connectivity index (χ4v) is 4.40. The third-order valence-electron chi connectivity index (χ3n) is 5.92. The summed E-state index contributed by atoms with van der Waals surface area (Å²) in [5, 5.41) is 3.98. The molecule has 7 nitrogen and oxygen atoms in total. The average molecular weight is 460 g/mol. The maximum Gasteiger partial charge on any atom is 0.327 e. The third kappa shape index (κ3) is 5.99. The van der Waals surface area contributed by atoms with Gasteiger partial charge >= 0.3 is 5.97 Å². The number of hydrogen-bond acceptors (Lipinski definition) is 7. The van der Waals surface area contributed by atoms with Crippen molar-refractivity contribution < 1.29 is 27.2 Å². The molecule has 1 saturated carbocycles. The van der Waals surface area contributed by atoms with Gasteiger partial charge in [-0.1, -0.05) is 41.4 Å². The van der Waals surface area contributed by atoms with Crippen molar-refractivity contribution in [1.82, 2.24) is 5.16 Å². The fourth-order valence-electron chi connectivity index (χ4n) is 3.57. The predicted molar refractivity (Wildman–Crippen MR) is 119 cm³/mol. The highest BCUT2D eigenvalue weighted by molar-refractivity contribution is 7.92. The summed E-state index contributed by atoms with van der Waals surface area (Å²) in [6.07, 6.45) is 3.35. The molecule has 1 fully saturated rings. The summed E-state index contributed by atoms with van der Waals surface area (Å²) in [7, 11) is -2.03. The number of sulfone groups is 1. The van der Waals surface area contributed by atoms with E-state index in [2.05, 4.69) is 17.0 Å². The van der Waals surface area contributed by atoms with Crippen molar-refractivity contribution in [1.29, 1.82) is 0 Å². The Morgan fingerprint density at radius 2 is 2.00 bits per heavy atom. The van der Waals surface area contributed by atoms with Crippen molar-refractivity contribution in [3.8, 4) is 11.8 Å². The molecule has 0 N–H and O–H groups in total. The topological polar surface area (TPSA) is 95.7 Å². The summed E-state index contributed by atoms with van der Waals surface area (Å²) >= 11 is 0. The first-order chi connectivity index (χ1) is 15.2. The lowest BCUT2D eigenvalue weighted by molar-refractivity contribution is -0.147. The molecule has 8 heteroatoms. The van der Waals surface area contributed by atoms with Gasteiger partial charge in [-0.25, -0.2) is 8.42 Å². The van der Waals surface area contributed by atoms with Gasteiger partial charge in [-0.3, -0.25) is 4.79 Å². The normalized spacial score (nSPS) is 19.8. The molecular formula is C24H29NO6S. The van der Waals surface area contributed by atoms with E-state index in [1.807, 2.05) is 30.3 Å². The molecule has 1 atom stereocenters. The first-order valence-corrected chi connectivity index (χ1v) is 12.5. The number of carbonyl (C=O) groups is 1. The van der Waals surface area contributed by atoms with Crippen LogP contribution in [0, 0.1) is 23.7 Å². The van der Waals surface area contributed by atoms with Crippen molar-refractivity contribution in [2.24, 2.45) is 11.8 Å². The van der Waals surface area contributed by atoms with Gasteiger partial charge in [0.15, 0.2) is 14.6 Å². The largest absolute Gasteiger partial charge is 0.460 e. The maximum atomic E-state index is 12.7. The van der Waals surface area contributed by atoms with Crippen molar-refractivity contribution in [2.45, 2.75) is 44.0 Å². The number of aromatic nitrogens is 1. The lowest BCUT2D eigenvalue weighted by Gasteiger charge is -2.30. The van der Waals surface area contributed by atoms with E-state index >= 15 is 0 Å². The van der Waals surface area contributed by atoms with Crippen molar-refractivity contribution >= 4 is 15.8 Å². The Bertz CT molecular complexity index is 1080. The van der Waals surface area contributed by atoms with Crippen LogP contribution < -0.4 is 0 Å². The van der Waals surface area contributed by atoms with Gasteiger partial charge < -0.3 is 14.0 Å². The van der Waals surface area contributed by atoms with E-state index < -0.39 is 20.6 Å². The Morgan fingerprint density at radius 3 is 2.66 bits per heavy atom. The summed E-state index contributed by atoms with van der Waals surface area (Å²) in [5.41, 5.74) is 1.34. The van der Waals surface area contributed by atoms with Gasteiger partial charge in [-0.15, -0.1) is 0 Å². The molecule has 0 radical (unpaired) electrons. The summed E-state index contributed by atoms with van der Waals surface area (Å²) in [6, 6.07) is 10.8. The highest BCUT2D eigenvalue weighted by Gasteiger charge is 2.45. The second-order valence-electron chi connectivity index (χ2n) is 8.51. The van der Waals surface area contributed by atoms with Crippen LogP contribution in [0.1, 0.15) is 43.2 Å². The molecule has 1 aromatic carbocycles. The van der Waals surface area contributed by atoms with E-state index in [0.29, 0.717) is 23.3 Å². The number of methoxy groups -OCH3 is 1. The molecule has 0 unspecified atom stereocenters. The quantitative estimate of drug-likeness (QED) is 0.420. The smallest absolute Gasteiger partial charge is 0.327 e. The Morgan fingerprint density at radius 1 is 1.28 bits per heavy atom. The monoisotopic (exact) mass is 459 g/mol. The summed E-state index contributed by atoms with van der Waals surface area (Å²) in [5.74, 6) is 6.72. The zero-order valence-electron chi connectivity index (χ0n) is 18.7. The Balaban J connectivity index is 1.58. The molecule has 2 aromatic rings. The summed E-state index contributed by atoms with van der Waals surface area (Å²) in [4.78, 5) is 12.7.